The Balaban J connectivity index is 3.43. The summed E-state index contributed by atoms with van der Waals surface area (Å²) in [5.74, 6) is 2.45. The number of nitrogens with two attached hydrogens (primary N) is 1. The summed E-state index contributed by atoms with van der Waals surface area (Å²) < 4.78 is 5.60. The fourth-order valence-electron chi connectivity index (χ4n) is 2.04. The summed E-state index contributed by atoms with van der Waals surface area (Å²) in [5.41, 5.74) is 5.43. The molecule has 0 amide bonds. The summed E-state index contributed by atoms with van der Waals surface area (Å²) in [6, 6.07) is 0. The van der Waals surface area contributed by atoms with Crippen molar-refractivity contribution in [1.29, 1.82) is 0 Å². The van der Waals surface area contributed by atoms with Crippen LogP contribution in [0.4, 0.5) is 0 Å². The highest BCUT2D eigenvalue weighted by atomic mass is 16.5. The summed E-state index contributed by atoms with van der Waals surface area (Å²) in [6.45, 7) is 11.8. The first kappa shape index (κ1) is 17.9. The second kappa shape index (κ2) is 12.0. The summed E-state index contributed by atoms with van der Waals surface area (Å²) in [6.07, 6.45) is 7.72. The first-order valence-corrected chi connectivity index (χ1v) is 7.87. The average Bonchev–Trinajstić information content (AvgIpc) is 2.38. The van der Waals surface area contributed by atoms with Gasteiger partial charge in [0.2, 0.25) is 0 Å². The molecule has 3 atom stereocenters. The van der Waals surface area contributed by atoms with Crippen molar-refractivity contribution >= 4 is 0 Å². The van der Waals surface area contributed by atoms with E-state index < -0.39 is 0 Å². The molecule has 0 aromatic carbocycles. The molecular weight excluding hydrogens is 222 g/mol. The molecule has 0 saturated heterocycles. The van der Waals surface area contributed by atoms with E-state index in [1.807, 2.05) is 0 Å². The maximum absolute atomic E-state index is 5.60. The first-order chi connectivity index (χ1) is 8.60. The summed E-state index contributed by atoms with van der Waals surface area (Å²) in [5, 5.41) is 0. The van der Waals surface area contributed by atoms with Crippen molar-refractivity contribution in [1.82, 2.24) is 0 Å². The quantitative estimate of drug-likeness (QED) is 0.531. The van der Waals surface area contributed by atoms with Crippen molar-refractivity contribution in [2.24, 2.45) is 23.5 Å². The van der Waals surface area contributed by atoms with Gasteiger partial charge in [-0.15, -0.1) is 0 Å². The summed E-state index contributed by atoms with van der Waals surface area (Å²) >= 11 is 0. The van der Waals surface area contributed by atoms with Crippen molar-refractivity contribution in [3.8, 4) is 0 Å². The van der Waals surface area contributed by atoms with Gasteiger partial charge in [-0.2, -0.15) is 0 Å². The molecule has 2 nitrogen and oxygen atoms in total. The Labute approximate surface area is 115 Å². The van der Waals surface area contributed by atoms with E-state index in [0.29, 0.717) is 5.92 Å². The smallest absolute Gasteiger partial charge is 0.0491 e. The lowest BCUT2D eigenvalue weighted by Crippen LogP contribution is -2.11. The van der Waals surface area contributed by atoms with Crippen molar-refractivity contribution in [3.63, 3.8) is 0 Å². The molecule has 18 heavy (non-hydrogen) atoms. The minimum atomic E-state index is 0.689. The van der Waals surface area contributed by atoms with Crippen LogP contribution in [0.25, 0.3) is 0 Å². The van der Waals surface area contributed by atoms with Gasteiger partial charge in [-0.05, 0) is 37.1 Å². The molecule has 0 spiro atoms. The monoisotopic (exact) mass is 257 g/mol. The van der Waals surface area contributed by atoms with Crippen molar-refractivity contribution in [2.45, 2.75) is 66.2 Å². The Kier molecular flexibility index (Phi) is 11.9. The fourth-order valence-corrected chi connectivity index (χ4v) is 2.04. The zero-order valence-electron chi connectivity index (χ0n) is 13.1. The molecule has 0 radical (unpaired) electrons. The third kappa shape index (κ3) is 11.0. The number of hydrogen-bond donors (Lipinski definition) is 1. The van der Waals surface area contributed by atoms with Crippen LogP contribution in [0.2, 0.25) is 0 Å². The molecule has 0 bridgehead atoms. The maximum atomic E-state index is 5.60. The Hall–Kier alpha value is -0.0800. The van der Waals surface area contributed by atoms with Gasteiger partial charge < -0.3 is 10.5 Å². The molecule has 0 rings (SSSR count). The van der Waals surface area contributed by atoms with Gasteiger partial charge in [0.1, 0.15) is 0 Å². The van der Waals surface area contributed by atoms with Gasteiger partial charge >= 0.3 is 0 Å². The van der Waals surface area contributed by atoms with Gasteiger partial charge in [-0.1, -0.05) is 53.4 Å². The molecule has 0 saturated carbocycles. The zero-order valence-corrected chi connectivity index (χ0v) is 13.1. The van der Waals surface area contributed by atoms with E-state index in [0.717, 1.165) is 38.0 Å². The lowest BCUT2D eigenvalue weighted by atomic mass is 9.91. The number of ether oxygens (including phenoxy) is 1. The number of hydrogen-bond acceptors (Lipinski definition) is 2. The normalized spacial score (nSPS) is 16.5. The van der Waals surface area contributed by atoms with E-state index in [4.69, 9.17) is 10.5 Å². The third-order valence-electron chi connectivity index (χ3n) is 3.90. The van der Waals surface area contributed by atoms with Crippen LogP contribution in [-0.2, 0) is 4.74 Å². The van der Waals surface area contributed by atoms with Crippen molar-refractivity contribution in [3.05, 3.63) is 0 Å². The van der Waals surface area contributed by atoms with Crippen LogP contribution >= 0.6 is 0 Å². The van der Waals surface area contributed by atoms with Gasteiger partial charge in [-0.25, -0.2) is 0 Å². The Morgan fingerprint density at radius 3 is 2.00 bits per heavy atom. The second-order valence-electron chi connectivity index (χ2n) is 6.10. The van der Waals surface area contributed by atoms with Crippen LogP contribution < -0.4 is 5.73 Å². The molecule has 0 fully saturated rings. The molecule has 0 heterocycles. The largest absolute Gasteiger partial charge is 0.381 e. The predicted molar refractivity (Wildman–Crippen MR) is 80.7 cm³/mol. The van der Waals surface area contributed by atoms with E-state index in [1.54, 1.807) is 0 Å². The van der Waals surface area contributed by atoms with E-state index in [1.165, 1.54) is 32.1 Å². The lowest BCUT2D eigenvalue weighted by Gasteiger charge is -2.17. The van der Waals surface area contributed by atoms with Crippen LogP contribution in [-0.4, -0.2) is 19.8 Å². The SMILES string of the molecule is CCC(C)CCC(C)CCC(C)COCCCN. The molecule has 0 aromatic heterocycles. The Bertz CT molecular complexity index is 172. The van der Waals surface area contributed by atoms with E-state index in [9.17, 15) is 0 Å². The predicted octanol–water partition coefficient (Wildman–Crippen LogP) is 4.23. The standard InChI is InChI=1S/C16H35NO/c1-5-14(2)7-8-15(3)9-10-16(4)13-18-12-6-11-17/h14-16H,5-13,17H2,1-4H3. The average molecular weight is 257 g/mol. The van der Waals surface area contributed by atoms with Crippen molar-refractivity contribution in [2.75, 3.05) is 19.8 Å². The van der Waals surface area contributed by atoms with E-state index in [2.05, 4.69) is 27.7 Å². The van der Waals surface area contributed by atoms with Crippen LogP contribution in [0.5, 0.6) is 0 Å². The van der Waals surface area contributed by atoms with Crippen LogP contribution in [0.1, 0.15) is 66.2 Å². The molecule has 2 N–H and O–H groups in total. The van der Waals surface area contributed by atoms with Gasteiger partial charge in [-0.3, -0.25) is 0 Å². The number of rotatable bonds is 12. The summed E-state index contributed by atoms with van der Waals surface area (Å²) in [4.78, 5) is 0. The molecular formula is C16H35NO. The molecule has 0 aliphatic carbocycles. The minimum Gasteiger partial charge on any atom is -0.381 e. The van der Waals surface area contributed by atoms with Gasteiger partial charge in [0.15, 0.2) is 0 Å². The fraction of sp³-hybridized carbons (Fsp3) is 1.00. The zero-order chi connectivity index (χ0) is 13.8. The Morgan fingerprint density at radius 2 is 1.44 bits per heavy atom. The third-order valence-corrected chi connectivity index (χ3v) is 3.90. The topological polar surface area (TPSA) is 35.2 Å². The van der Waals surface area contributed by atoms with E-state index >= 15 is 0 Å². The van der Waals surface area contributed by atoms with Crippen LogP contribution in [0.3, 0.4) is 0 Å². The molecule has 3 unspecified atom stereocenters. The highest BCUT2D eigenvalue weighted by Gasteiger charge is 2.08. The van der Waals surface area contributed by atoms with Gasteiger partial charge in [0, 0.05) is 13.2 Å². The minimum absolute atomic E-state index is 0.689. The highest BCUT2D eigenvalue weighted by Crippen LogP contribution is 2.20. The molecule has 0 aliphatic rings. The van der Waals surface area contributed by atoms with Gasteiger partial charge in [0.25, 0.3) is 0 Å². The van der Waals surface area contributed by atoms with Crippen molar-refractivity contribution < 1.29 is 4.74 Å². The summed E-state index contributed by atoms with van der Waals surface area (Å²) in [7, 11) is 0. The first-order valence-electron chi connectivity index (χ1n) is 7.87. The second-order valence-corrected chi connectivity index (χ2v) is 6.10. The molecule has 0 aliphatic heterocycles. The lowest BCUT2D eigenvalue weighted by molar-refractivity contribution is 0.0988. The molecule has 0 aromatic rings. The Morgan fingerprint density at radius 1 is 0.889 bits per heavy atom. The van der Waals surface area contributed by atoms with Gasteiger partial charge in [0.05, 0.1) is 0 Å². The highest BCUT2D eigenvalue weighted by molar-refractivity contribution is 4.60. The maximum Gasteiger partial charge on any atom is 0.0491 e. The molecule has 110 valence electrons. The van der Waals surface area contributed by atoms with Crippen LogP contribution in [0, 0.1) is 17.8 Å². The van der Waals surface area contributed by atoms with E-state index in [-0.39, 0.29) is 0 Å². The molecule has 2 heteroatoms. The van der Waals surface area contributed by atoms with Crippen LogP contribution in [0.15, 0.2) is 0 Å².